The third-order valence-corrected chi connectivity index (χ3v) is 5.11. The van der Waals surface area contributed by atoms with Gasteiger partial charge in [0.1, 0.15) is 6.10 Å². The van der Waals surface area contributed by atoms with Crippen molar-refractivity contribution in [3.05, 3.63) is 64.9 Å². The molecular formula is C21H26ClN2NaO3. The smallest absolute Gasteiger partial charge is 1.00 e. The summed E-state index contributed by atoms with van der Waals surface area (Å²) in [4.78, 5) is 17.5. The maximum absolute atomic E-state index is 10.7. The summed E-state index contributed by atoms with van der Waals surface area (Å²) < 4.78 is 6.47. The molecule has 3 rings (SSSR count). The number of halogens is 1. The largest absolute Gasteiger partial charge is 1.00 e. The Bertz CT molecular complexity index is 728. The van der Waals surface area contributed by atoms with E-state index in [4.69, 9.17) is 21.4 Å². The first-order chi connectivity index (χ1) is 13.1. The molecule has 1 aromatic heterocycles. The number of aliphatic carboxylic acids is 1. The van der Waals surface area contributed by atoms with Gasteiger partial charge in [0.25, 0.3) is 0 Å². The molecule has 7 heteroatoms. The van der Waals surface area contributed by atoms with E-state index in [-0.39, 0.29) is 49.6 Å². The average molecular weight is 413 g/mol. The fourth-order valence-electron chi connectivity index (χ4n) is 3.40. The number of aromatic nitrogens is 1. The summed E-state index contributed by atoms with van der Waals surface area (Å²) in [6, 6.07) is 13.6. The van der Waals surface area contributed by atoms with Crippen molar-refractivity contribution in [2.75, 3.05) is 19.6 Å². The standard InChI is InChI=1S/C21H25ClN2O3.Na.H/c22-17-8-6-16(7-9-17)21(19-4-1-2-12-23-19)27-18-10-14-24(15-11-18)13-3-5-20(25)26;;/h1-2,4,6-9,12,18,21H,3,5,10-11,13-15H2,(H,25,26);;/q;+1;-1/t21-;;/m0../s1. The van der Waals surface area contributed by atoms with Gasteiger partial charge in [-0.15, -0.1) is 0 Å². The Kier molecular flexibility index (Phi) is 9.92. The zero-order chi connectivity index (χ0) is 19.1. The van der Waals surface area contributed by atoms with Crippen LogP contribution >= 0.6 is 11.6 Å². The van der Waals surface area contributed by atoms with Crippen LogP contribution in [0.1, 0.15) is 44.5 Å². The molecule has 1 aromatic carbocycles. The quantitative estimate of drug-likeness (QED) is 0.662. The van der Waals surface area contributed by atoms with E-state index in [1.807, 2.05) is 42.5 Å². The number of carboxylic acids is 1. The van der Waals surface area contributed by atoms with Crippen LogP contribution in [0.3, 0.4) is 0 Å². The van der Waals surface area contributed by atoms with Crippen molar-refractivity contribution < 1.29 is 45.6 Å². The number of carboxylic acid groups (broad SMARTS) is 1. The van der Waals surface area contributed by atoms with E-state index >= 15 is 0 Å². The Morgan fingerprint density at radius 1 is 1.25 bits per heavy atom. The number of nitrogens with zero attached hydrogens (tertiary/aromatic N) is 2. The Morgan fingerprint density at radius 2 is 1.96 bits per heavy atom. The number of rotatable bonds is 8. The van der Waals surface area contributed by atoms with Crippen LogP contribution in [0.4, 0.5) is 0 Å². The summed E-state index contributed by atoms with van der Waals surface area (Å²) in [6.07, 6.45) is 4.52. The number of likely N-dealkylation sites (tertiary alicyclic amines) is 1. The molecule has 1 N–H and O–H groups in total. The molecule has 0 radical (unpaired) electrons. The molecule has 1 aliphatic rings. The minimum atomic E-state index is -0.727. The number of pyridine rings is 1. The maximum atomic E-state index is 10.7. The summed E-state index contributed by atoms with van der Waals surface area (Å²) >= 11 is 6.03. The molecule has 5 nitrogen and oxygen atoms in total. The van der Waals surface area contributed by atoms with Gasteiger partial charge >= 0.3 is 35.5 Å². The molecule has 0 saturated carbocycles. The second-order valence-corrected chi connectivity index (χ2v) is 7.30. The van der Waals surface area contributed by atoms with Crippen LogP contribution in [0.15, 0.2) is 48.7 Å². The first kappa shape index (κ1) is 23.3. The Balaban J connectivity index is 0.00000210. The van der Waals surface area contributed by atoms with E-state index in [2.05, 4.69) is 9.88 Å². The Hall–Kier alpha value is -0.950. The van der Waals surface area contributed by atoms with Crippen molar-refractivity contribution in [2.45, 2.75) is 37.9 Å². The molecule has 1 fully saturated rings. The minimum absolute atomic E-state index is 0. The molecule has 0 spiro atoms. The number of ether oxygens (including phenoxy) is 1. The number of hydrogen-bond acceptors (Lipinski definition) is 4. The molecular weight excluding hydrogens is 387 g/mol. The minimum Gasteiger partial charge on any atom is -1.00 e. The molecule has 28 heavy (non-hydrogen) atoms. The second kappa shape index (κ2) is 11.9. The molecule has 0 aliphatic carbocycles. The predicted molar refractivity (Wildman–Crippen MR) is 106 cm³/mol. The topological polar surface area (TPSA) is 62.7 Å². The Morgan fingerprint density at radius 3 is 2.57 bits per heavy atom. The van der Waals surface area contributed by atoms with E-state index in [1.54, 1.807) is 6.20 Å². The molecule has 1 aliphatic heterocycles. The molecule has 1 atom stereocenters. The summed E-state index contributed by atoms with van der Waals surface area (Å²) in [6.45, 7) is 2.69. The van der Waals surface area contributed by atoms with Gasteiger partial charge in [-0.05, 0) is 55.6 Å². The number of hydrogen-bond donors (Lipinski definition) is 1. The fraction of sp³-hybridized carbons (Fsp3) is 0.429. The second-order valence-electron chi connectivity index (χ2n) is 6.86. The predicted octanol–water partition coefficient (Wildman–Crippen LogP) is 1.29. The van der Waals surface area contributed by atoms with Crippen molar-refractivity contribution in [1.29, 1.82) is 0 Å². The summed E-state index contributed by atoms with van der Waals surface area (Å²) in [5.74, 6) is -0.727. The van der Waals surface area contributed by atoms with E-state index in [9.17, 15) is 4.79 Å². The van der Waals surface area contributed by atoms with Crippen molar-refractivity contribution in [1.82, 2.24) is 9.88 Å². The first-order valence-electron chi connectivity index (χ1n) is 9.38. The molecule has 0 unspecified atom stereocenters. The summed E-state index contributed by atoms with van der Waals surface area (Å²) in [5, 5.41) is 9.47. The maximum Gasteiger partial charge on any atom is 1.00 e. The SMILES string of the molecule is O=C(O)CCCN1CCC(O[C@@H](c2ccc(Cl)cc2)c2ccccn2)CC1.[H-].[Na+]. The fourth-order valence-corrected chi connectivity index (χ4v) is 3.53. The molecule has 1 saturated heterocycles. The van der Waals surface area contributed by atoms with Gasteiger partial charge in [0, 0.05) is 30.7 Å². The van der Waals surface area contributed by atoms with Gasteiger partial charge in [-0.25, -0.2) is 0 Å². The van der Waals surface area contributed by atoms with Gasteiger partial charge in [0.05, 0.1) is 11.8 Å². The molecule has 0 amide bonds. The van der Waals surface area contributed by atoms with Crippen LogP contribution in [0.25, 0.3) is 0 Å². The zero-order valence-corrected chi connectivity index (χ0v) is 19.0. The number of carbonyl (C=O) groups is 1. The van der Waals surface area contributed by atoms with Gasteiger partial charge < -0.3 is 16.2 Å². The molecule has 146 valence electrons. The monoisotopic (exact) mass is 412 g/mol. The summed E-state index contributed by atoms with van der Waals surface area (Å²) in [7, 11) is 0. The van der Waals surface area contributed by atoms with Gasteiger partial charge in [-0.2, -0.15) is 0 Å². The number of piperidine rings is 1. The van der Waals surface area contributed by atoms with Gasteiger partial charge in [0.2, 0.25) is 0 Å². The summed E-state index contributed by atoms with van der Waals surface area (Å²) in [5.41, 5.74) is 1.94. The normalized spacial score (nSPS) is 16.3. The van der Waals surface area contributed by atoms with Crippen LogP contribution in [-0.4, -0.2) is 46.7 Å². The molecule has 2 heterocycles. The Labute approximate surface area is 194 Å². The first-order valence-corrected chi connectivity index (χ1v) is 9.75. The number of benzene rings is 1. The van der Waals surface area contributed by atoms with Gasteiger partial charge in [0.15, 0.2) is 0 Å². The van der Waals surface area contributed by atoms with Crippen molar-refractivity contribution in [3.63, 3.8) is 0 Å². The molecule has 2 aromatic rings. The van der Waals surface area contributed by atoms with E-state index in [0.29, 0.717) is 11.4 Å². The van der Waals surface area contributed by atoms with Crippen LogP contribution in [0.2, 0.25) is 5.02 Å². The zero-order valence-electron chi connectivity index (χ0n) is 17.3. The van der Waals surface area contributed by atoms with Gasteiger partial charge in [-0.1, -0.05) is 29.8 Å². The van der Waals surface area contributed by atoms with E-state index in [1.165, 1.54) is 0 Å². The van der Waals surface area contributed by atoms with Crippen LogP contribution < -0.4 is 29.6 Å². The van der Waals surface area contributed by atoms with Crippen molar-refractivity contribution >= 4 is 17.6 Å². The molecule has 0 bridgehead atoms. The van der Waals surface area contributed by atoms with Gasteiger partial charge in [-0.3, -0.25) is 9.78 Å². The van der Waals surface area contributed by atoms with Crippen LogP contribution in [0, 0.1) is 0 Å². The van der Waals surface area contributed by atoms with Crippen molar-refractivity contribution in [3.8, 4) is 0 Å². The van der Waals surface area contributed by atoms with E-state index in [0.717, 1.165) is 43.7 Å². The third kappa shape index (κ3) is 7.14. The van der Waals surface area contributed by atoms with E-state index < -0.39 is 5.97 Å². The van der Waals surface area contributed by atoms with Crippen LogP contribution in [-0.2, 0) is 9.53 Å². The third-order valence-electron chi connectivity index (χ3n) is 4.86. The van der Waals surface area contributed by atoms with Crippen molar-refractivity contribution in [2.24, 2.45) is 0 Å². The van der Waals surface area contributed by atoms with Crippen LogP contribution in [0.5, 0.6) is 0 Å². The average Bonchev–Trinajstić information content (AvgIpc) is 2.68.